The third kappa shape index (κ3) is 4.91. The molecule has 0 bridgehead atoms. The molecular formula is C22H27ClN6O2. The second-order valence-electron chi connectivity index (χ2n) is 8.03. The van der Waals surface area contributed by atoms with Crippen molar-refractivity contribution in [1.82, 2.24) is 20.9 Å². The number of nitrogens with zero attached hydrogens (tertiary/aromatic N) is 2. The van der Waals surface area contributed by atoms with Gasteiger partial charge in [-0.25, -0.2) is 4.98 Å². The number of halogens is 1. The summed E-state index contributed by atoms with van der Waals surface area (Å²) in [4.78, 5) is 32.0. The van der Waals surface area contributed by atoms with Gasteiger partial charge in [0.1, 0.15) is 17.9 Å². The van der Waals surface area contributed by atoms with E-state index in [1.54, 1.807) is 13.0 Å². The van der Waals surface area contributed by atoms with Gasteiger partial charge >= 0.3 is 0 Å². The van der Waals surface area contributed by atoms with Crippen molar-refractivity contribution in [1.29, 1.82) is 0 Å². The van der Waals surface area contributed by atoms with E-state index in [1.165, 1.54) is 0 Å². The van der Waals surface area contributed by atoms with Crippen molar-refractivity contribution >= 4 is 34.9 Å². The van der Waals surface area contributed by atoms with Gasteiger partial charge in [-0.3, -0.25) is 9.59 Å². The number of hydrogen-bond donors (Lipinski definition) is 4. The second-order valence-corrected chi connectivity index (χ2v) is 8.47. The minimum absolute atomic E-state index is 0.110. The first kappa shape index (κ1) is 21.4. The predicted molar refractivity (Wildman–Crippen MR) is 121 cm³/mol. The van der Waals surface area contributed by atoms with Gasteiger partial charge in [-0.2, -0.15) is 0 Å². The molecule has 2 heterocycles. The summed E-state index contributed by atoms with van der Waals surface area (Å²) < 4.78 is 0. The fourth-order valence-electron chi connectivity index (χ4n) is 4.14. The molecule has 1 aliphatic heterocycles. The van der Waals surface area contributed by atoms with Crippen LogP contribution in [-0.4, -0.2) is 48.5 Å². The zero-order chi connectivity index (χ0) is 22.0. The summed E-state index contributed by atoms with van der Waals surface area (Å²) in [5.74, 6) is 0.0688. The first-order chi connectivity index (χ1) is 14.9. The fourth-order valence-corrected chi connectivity index (χ4v) is 4.33. The van der Waals surface area contributed by atoms with Gasteiger partial charge in [-0.15, -0.1) is 0 Å². The Hall–Kier alpha value is -2.84. The number of aromatic nitrogens is 1. The van der Waals surface area contributed by atoms with E-state index in [-0.39, 0.29) is 17.9 Å². The lowest BCUT2D eigenvalue weighted by Gasteiger charge is -2.35. The number of rotatable bonds is 5. The Morgan fingerprint density at radius 1 is 1.32 bits per heavy atom. The highest BCUT2D eigenvalue weighted by atomic mass is 35.5. The van der Waals surface area contributed by atoms with Crippen molar-refractivity contribution in [3.05, 3.63) is 52.7 Å². The van der Waals surface area contributed by atoms with Crippen LogP contribution in [-0.2, 0) is 16.0 Å². The number of aryl methyl sites for hydroxylation is 1. The van der Waals surface area contributed by atoms with E-state index in [2.05, 4.69) is 25.8 Å². The first-order valence-electron chi connectivity index (χ1n) is 10.5. The molecule has 5 N–H and O–H groups in total. The Labute approximate surface area is 186 Å². The van der Waals surface area contributed by atoms with Crippen molar-refractivity contribution < 1.29 is 9.59 Å². The molecule has 3 atom stereocenters. The Bertz CT molecular complexity index is 984. The summed E-state index contributed by atoms with van der Waals surface area (Å²) >= 11 is 6.10. The van der Waals surface area contributed by atoms with Crippen LogP contribution in [0, 0.1) is 0 Å². The largest absolute Gasteiger partial charge is 0.384 e. The summed E-state index contributed by atoms with van der Waals surface area (Å²) in [5.41, 5.74) is 8.64. The summed E-state index contributed by atoms with van der Waals surface area (Å²) in [6, 6.07) is 10.1. The van der Waals surface area contributed by atoms with Crippen LogP contribution in [0.1, 0.15) is 30.6 Å². The number of anilines is 2. The Kier molecular flexibility index (Phi) is 6.29. The normalized spacial score (nSPS) is 21.3. The highest BCUT2D eigenvalue weighted by Gasteiger charge is 2.30. The first-order valence-corrected chi connectivity index (χ1v) is 10.9. The standard InChI is InChI=1S/C22H27ClN6O2/c1-13(21(30)28-18-7-6-17-16(18)5-8-20(24)27-17)26-22(31)19-12-29(10-9-25-19)15-4-2-3-14(23)11-15/h2-5,8,11,13,18-19,25H,6-7,9-10,12H2,1H3,(H2,24,27)(H,26,31)(H,28,30)/t13-,18+,19+/m0/s1. The summed E-state index contributed by atoms with van der Waals surface area (Å²) in [5, 5.41) is 9.75. The Morgan fingerprint density at radius 3 is 2.97 bits per heavy atom. The summed E-state index contributed by atoms with van der Waals surface area (Å²) in [6.45, 7) is 3.64. The number of hydrogen-bond acceptors (Lipinski definition) is 6. The van der Waals surface area contributed by atoms with E-state index < -0.39 is 12.1 Å². The molecule has 31 heavy (non-hydrogen) atoms. The molecule has 4 rings (SSSR count). The SMILES string of the molecule is C[C@H](NC(=O)[C@H]1CN(c2cccc(Cl)c2)CCN1)C(=O)N[C@@H]1CCc2nc(N)ccc21. The zero-order valence-corrected chi connectivity index (χ0v) is 18.2. The molecule has 9 heteroatoms. The lowest BCUT2D eigenvalue weighted by Crippen LogP contribution is -2.59. The number of amides is 2. The molecule has 8 nitrogen and oxygen atoms in total. The summed E-state index contributed by atoms with van der Waals surface area (Å²) in [6.07, 6.45) is 1.55. The van der Waals surface area contributed by atoms with Crippen LogP contribution in [0.5, 0.6) is 0 Å². The van der Waals surface area contributed by atoms with Crippen molar-refractivity contribution in [3.63, 3.8) is 0 Å². The number of piperazine rings is 1. The molecular weight excluding hydrogens is 416 g/mol. The van der Waals surface area contributed by atoms with Gasteiger partial charge < -0.3 is 26.6 Å². The molecule has 2 aromatic rings. The van der Waals surface area contributed by atoms with Crippen molar-refractivity contribution in [2.75, 3.05) is 30.3 Å². The van der Waals surface area contributed by atoms with Crippen molar-refractivity contribution in [2.24, 2.45) is 0 Å². The average Bonchev–Trinajstić information content (AvgIpc) is 3.15. The van der Waals surface area contributed by atoms with Gasteiger partial charge in [-0.05, 0) is 49.6 Å². The van der Waals surface area contributed by atoms with Crippen LogP contribution in [0.3, 0.4) is 0 Å². The number of pyridine rings is 1. The number of benzene rings is 1. The number of carbonyl (C=O) groups excluding carboxylic acids is 2. The quantitative estimate of drug-likeness (QED) is 0.557. The van der Waals surface area contributed by atoms with E-state index in [0.717, 1.165) is 36.3 Å². The Balaban J connectivity index is 1.32. The summed E-state index contributed by atoms with van der Waals surface area (Å²) in [7, 11) is 0. The maximum Gasteiger partial charge on any atom is 0.242 e. The predicted octanol–water partition coefficient (Wildman–Crippen LogP) is 1.40. The van der Waals surface area contributed by atoms with Crippen LogP contribution >= 0.6 is 11.6 Å². The van der Waals surface area contributed by atoms with Gasteiger partial charge in [0.05, 0.1) is 6.04 Å². The van der Waals surface area contributed by atoms with Crippen LogP contribution < -0.4 is 26.6 Å². The number of nitrogens with two attached hydrogens (primary N) is 1. The lowest BCUT2D eigenvalue weighted by atomic mass is 10.1. The molecule has 1 aromatic heterocycles. The van der Waals surface area contributed by atoms with E-state index in [0.29, 0.717) is 23.9 Å². The van der Waals surface area contributed by atoms with E-state index in [9.17, 15) is 9.59 Å². The number of nitrogens with one attached hydrogen (secondary N) is 3. The third-order valence-electron chi connectivity index (χ3n) is 5.81. The highest BCUT2D eigenvalue weighted by molar-refractivity contribution is 6.30. The smallest absolute Gasteiger partial charge is 0.242 e. The highest BCUT2D eigenvalue weighted by Crippen LogP contribution is 2.30. The molecule has 1 fully saturated rings. The molecule has 1 saturated heterocycles. The number of fused-ring (bicyclic) bond motifs is 1. The van der Waals surface area contributed by atoms with Crippen molar-refractivity contribution in [2.45, 2.75) is 37.9 Å². The number of carbonyl (C=O) groups is 2. The zero-order valence-electron chi connectivity index (χ0n) is 17.4. The van der Waals surface area contributed by atoms with Gasteiger partial charge in [-0.1, -0.05) is 23.7 Å². The molecule has 1 aliphatic carbocycles. The van der Waals surface area contributed by atoms with Gasteiger partial charge in [0.15, 0.2) is 0 Å². The van der Waals surface area contributed by atoms with E-state index >= 15 is 0 Å². The minimum atomic E-state index is -0.651. The van der Waals surface area contributed by atoms with E-state index in [4.69, 9.17) is 17.3 Å². The van der Waals surface area contributed by atoms with Gasteiger partial charge in [0, 0.05) is 36.0 Å². The molecule has 0 spiro atoms. The van der Waals surface area contributed by atoms with Crippen LogP contribution in [0.4, 0.5) is 11.5 Å². The number of nitrogen functional groups attached to an aromatic ring is 1. The molecule has 164 valence electrons. The lowest BCUT2D eigenvalue weighted by molar-refractivity contribution is -0.130. The van der Waals surface area contributed by atoms with Gasteiger partial charge in [0.2, 0.25) is 11.8 Å². The van der Waals surface area contributed by atoms with Crippen LogP contribution in [0.15, 0.2) is 36.4 Å². The van der Waals surface area contributed by atoms with Crippen LogP contribution in [0.2, 0.25) is 5.02 Å². The topological polar surface area (TPSA) is 112 Å². The fraction of sp³-hybridized carbons (Fsp3) is 0.409. The maximum atomic E-state index is 12.8. The van der Waals surface area contributed by atoms with Crippen molar-refractivity contribution in [3.8, 4) is 0 Å². The second kappa shape index (κ2) is 9.11. The molecule has 2 amide bonds. The molecule has 0 unspecified atom stereocenters. The third-order valence-corrected chi connectivity index (χ3v) is 6.05. The molecule has 1 aromatic carbocycles. The molecule has 0 saturated carbocycles. The molecule has 2 aliphatic rings. The minimum Gasteiger partial charge on any atom is -0.384 e. The average molecular weight is 443 g/mol. The monoisotopic (exact) mass is 442 g/mol. The van der Waals surface area contributed by atoms with Gasteiger partial charge in [0.25, 0.3) is 0 Å². The molecule has 0 radical (unpaired) electrons. The van der Waals surface area contributed by atoms with E-state index in [1.807, 2.05) is 30.3 Å². The maximum absolute atomic E-state index is 12.8. The Morgan fingerprint density at radius 2 is 2.16 bits per heavy atom. The van der Waals surface area contributed by atoms with Crippen LogP contribution in [0.25, 0.3) is 0 Å².